The summed E-state index contributed by atoms with van der Waals surface area (Å²) in [7, 11) is 1.56. The lowest BCUT2D eigenvalue weighted by atomic mass is 10.1. The molecular formula is C19H16F3N3O. The number of halogens is 3. The van der Waals surface area contributed by atoms with E-state index in [1.807, 2.05) is 13.0 Å². The SMILES string of the molecule is COc1ccc2nc(C)cc(N/N=C/c3ccccc3C(F)(F)F)c2c1. The highest BCUT2D eigenvalue weighted by Gasteiger charge is 2.32. The average Bonchev–Trinajstić information content (AvgIpc) is 2.61. The maximum Gasteiger partial charge on any atom is 0.417 e. The van der Waals surface area contributed by atoms with Crippen LogP contribution in [-0.4, -0.2) is 18.3 Å². The number of aromatic nitrogens is 1. The summed E-state index contributed by atoms with van der Waals surface area (Å²) in [5.74, 6) is 0.651. The standard InChI is InChI=1S/C19H16F3N3O/c1-12-9-18(15-10-14(26-2)7-8-17(15)24-12)25-23-11-13-5-3-4-6-16(13)19(20,21)22/h3-11H,1-2H3,(H,24,25)/b23-11+. The second-order valence-electron chi connectivity index (χ2n) is 5.65. The first-order valence-corrected chi connectivity index (χ1v) is 7.79. The van der Waals surface area contributed by atoms with Gasteiger partial charge in [0.2, 0.25) is 0 Å². The Morgan fingerprint density at radius 2 is 1.88 bits per heavy atom. The monoisotopic (exact) mass is 359 g/mol. The number of benzene rings is 2. The smallest absolute Gasteiger partial charge is 0.417 e. The average molecular weight is 359 g/mol. The molecule has 4 nitrogen and oxygen atoms in total. The summed E-state index contributed by atoms with van der Waals surface area (Å²) < 4.78 is 44.3. The molecule has 0 fully saturated rings. The molecule has 0 amide bonds. The Kier molecular flexibility index (Phi) is 4.79. The summed E-state index contributed by atoms with van der Waals surface area (Å²) in [6.45, 7) is 1.83. The van der Waals surface area contributed by atoms with E-state index in [0.29, 0.717) is 11.4 Å². The summed E-state index contributed by atoms with van der Waals surface area (Å²) >= 11 is 0. The van der Waals surface area contributed by atoms with Crippen molar-refractivity contribution in [2.75, 3.05) is 12.5 Å². The molecule has 0 radical (unpaired) electrons. The van der Waals surface area contributed by atoms with Gasteiger partial charge in [0, 0.05) is 16.6 Å². The zero-order chi connectivity index (χ0) is 18.7. The van der Waals surface area contributed by atoms with E-state index in [1.54, 1.807) is 25.3 Å². The fourth-order valence-electron chi connectivity index (χ4n) is 2.60. The van der Waals surface area contributed by atoms with Gasteiger partial charge < -0.3 is 4.74 Å². The van der Waals surface area contributed by atoms with Crippen molar-refractivity contribution in [3.8, 4) is 5.75 Å². The Balaban J connectivity index is 1.94. The van der Waals surface area contributed by atoms with E-state index in [0.717, 1.165) is 28.9 Å². The predicted molar refractivity (Wildman–Crippen MR) is 95.7 cm³/mol. The Morgan fingerprint density at radius 1 is 1.12 bits per heavy atom. The molecule has 0 aliphatic heterocycles. The third kappa shape index (κ3) is 3.77. The Bertz CT molecular complexity index is 968. The zero-order valence-electron chi connectivity index (χ0n) is 14.1. The number of alkyl halides is 3. The summed E-state index contributed by atoms with van der Waals surface area (Å²) in [5.41, 5.74) is 4.19. The van der Waals surface area contributed by atoms with Crippen LogP contribution in [0.3, 0.4) is 0 Å². The van der Waals surface area contributed by atoms with Crippen LogP contribution in [0.4, 0.5) is 18.9 Å². The molecule has 0 aliphatic carbocycles. The first kappa shape index (κ1) is 17.7. The van der Waals surface area contributed by atoms with Gasteiger partial charge in [0.1, 0.15) is 5.75 Å². The maximum absolute atomic E-state index is 13.0. The number of methoxy groups -OCH3 is 1. The minimum atomic E-state index is -4.43. The fraction of sp³-hybridized carbons (Fsp3) is 0.158. The van der Waals surface area contributed by atoms with Crippen LogP contribution in [-0.2, 0) is 6.18 Å². The highest BCUT2D eigenvalue weighted by atomic mass is 19.4. The fourth-order valence-corrected chi connectivity index (χ4v) is 2.60. The van der Waals surface area contributed by atoms with Crippen LogP contribution in [0.15, 0.2) is 53.6 Å². The molecule has 1 heterocycles. The molecule has 0 aliphatic rings. The van der Waals surface area contributed by atoms with Crippen LogP contribution in [0.1, 0.15) is 16.8 Å². The number of aryl methyl sites for hydroxylation is 1. The molecule has 26 heavy (non-hydrogen) atoms. The number of pyridine rings is 1. The quantitative estimate of drug-likeness (QED) is 0.526. The van der Waals surface area contributed by atoms with Gasteiger partial charge in [0.05, 0.1) is 30.1 Å². The van der Waals surface area contributed by atoms with Crippen molar-refractivity contribution in [2.45, 2.75) is 13.1 Å². The molecule has 3 aromatic rings. The van der Waals surface area contributed by atoms with E-state index in [1.165, 1.54) is 18.2 Å². The molecule has 7 heteroatoms. The lowest BCUT2D eigenvalue weighted by molar-refractivity contribution is -0.137. The minimum absolute atomic E-state index is 0.0137. The number of nitrogens with zero attached hydrogens (tertiary/aromatic N) is 2. The van der Waals surface area contributed by atoms with Crippen LogP contribution in [0.5, 0.6) is 5.75 Å². The molecule has 0 bridgehead atoms. The highest BCUT2D eigenvalue weighted by Crippen LogP contribution is 2.31. The molecule has 3 rings (SSSR count). The van der Waals surface area contributed by atoms with Gasteiger partial charge in [-0.15, -0.1) is 0 Å². The summed E-state index contributed by atoms with van der Waals surface area (Å²) in [5, 5.41) is 4.75. The molecule has 1 N–H and O–H groups in total. The van der Waals surface area contributed by atoms with Crippen LogP contribution >= 0.6 is 0 Å². The van der Waals surface area contributed by atoms with Crippen molar-refractivity contribution in [1.29, 1.82) is 0 Å². The first-order valence-electron chi connectivity index (χ1n) is 7.79. The van der Waals surface area contributed by atoms with E-state index >= 15 is 0 Å². The third-order valence-corrected chi connectivity index (χ3v) is 3.80. The van der Waals surface area contributed by atoms with E-state index in [4.69, 9.17) is 4.74 Å². The number of anilines is 1. The zero-order valence-corrected chi connectivity index (χ0v) is 14.1. The predicted octanol–water partition coefficient (Wildman–Crippen LogP) is 5.02. The number of rotatable bonds is 4. The van der Waals surface area contributed by atoms with Gasteiger partial charge in [-0.1, -0.05) is 18.2 Å². The largest absolute Gasteiger partial charge is 0.497 e. The van der Waals surface area contributed by atoms with Gasteiger partial charge in [0.25, 0.3) is 0 Å². The lowest BCUT2D eigenvalue weighted by Crippen LogP contribution is -2.08. The summed E-state index contributed by atoms with van der Waals surface area (Å²) in [4.78, 5) is 4.43. The molecule has 1 aromatic heterocycles. The normalized spacial score (nSPS) is 11.9. The van der Waals surface area contributed by atoms with Gasteiger partial charge in [-0.25, -0.2) is 0 Å². The topological polar surface area (TPSA) is 46.5 Å². The number of hydrazone groups is 1. The highest BCUT2D eigenvalue weighted by molar-refractivity contribution is 5.93. The van der Waals surface area contributed by atoms with Crippen molar-refractivity contribution in [1.82, 2.24) is 4.98 Å². The van der Waals surface area contributed by atoms with Crippen LogP contribution < -0.4 is 10.2 Å². The number of ether oxygens (including phenoxy) is 1. The Labute approximate surface area is 148 Å². The van der Waals surface area contributed by atoms with Gasteiger partial charge >= 0.3 is 6.18 Å². The van der Waals surface area contributed by atoms with Gasteiger partial charge in [0.15, 0.2) is 0 Å². The van der Waals surface area contributed by atoms with Gasteiger partial charge in [-0.2, -0.15) is 18.3 Å². The van der Waals surface area contributed by atoms with E-state index < -0.39 is 11.7 Å². The second-order valence-corrected chi connectivity index (χ2v) is 5.65. The van der Waals surface area contributed by atoms with Crippen LogP contribution in [0.25, 0.3) is 10.9 Å². The molecule has 0 saturated carbocycles. The van der Waals surface area contributed by atoms with E-state index in [2.05, 4.69) is 15.5 Å². The molecule has 134 valence electrons. The van der Waals surface area contributed by atoms with Crippen molar-refractivity contribution in [3.63, 3.8) is 0 Å². The molecule has 0 saturated heterocycles. The summed E-state index contributed by atoms with van der Waals surface area (Å²) in [6.07, 6.45) is -3.28. The molecule has 0 unspecified atom stereocenters. The number of nitrogens with one attached hydrogen (secondary N) is 1. The van der Waals surface area contributed by atoms with Gasteiger partial charge in [-0.3, -0.25) is 10.4 Å². The molecular weight excluding hydrogens is 343 g/mol. The molecule has 0 atom stereocenters. The molecule has 0 spiro atoms. The van der Waals surface area contributed by atoms with Crippen LogP contribution in [0, 0.1) is 6.92 Å². The third-order valence-electron chi connectivity index (χ3n) is 3.80. The Morgan fingerprint density at radius 3 is 2.62 bits per heavy atom. The second kappa shape index (κ2) is 7.03. The van der Waals surface area contributed by atoms with Crippen molar-refractivity contribution in [2.24, 2.45) is 5.10 Å². The minimum Gasteiger partial charge on any atom is -0.497 e. The first-order chi connectivity index (χ1) is 12.4. The van der Waals surface area contributed by atoms with E-state index in [9.17, 15) is 13.2 Å². The van der Waals surface area contributed by atoms with Crippen molar-refractivity contribution < 1.29 is 17.9 Å². The van der Waals surface area contributed by atoms with Crippen LogP contribution in [0.2, 0.25) is 0 Å². The Hall–Kier alpha value is -3.09. The number of fused-ring (bicyclic) bond motifs is 1. The number of hydrogen-bond acceptors (Lipinski definition) is 4. The van der Waals surface area contributed by atoms with Crippen molar-refractivity contribution in [3.05, 3.63) is 65.4 Å². The van der Waals surface area contributed by atoms with Gasteiger partial charge in [-0.05, 0) is 37.3 Å². The summed E-state index contributed by atoms with van der Waals surface area (Å²) in [6, 6.07) is 12.5. The number of hydrogen-bond donors (Lipinski definition) is 1. The lowest BCUT2D eigenvalue weighted by Gasteiger charge is -2.10. The molecule has 2 aromatic carbocycles. The van der Waals surface area contributed by atoms with Crippen molar-refractivity contribution >= 4 is 22.8 Å². The maximum atomic E-state index is 13.0. The van der Waals surface area contributed by atoms with E-state index in [-0.39, 0.29) is 5.56 Å².